The van der Waals surface area contributed by atoms with Crippen LogP contribution in [0.1, 0.15) is 25.7 Å². The molecule has 0 aliphatic heterocycles. The van der Waals surface area contributed by atoms with Crippen LogP contribution in [0.25, 0.3) is 0 Å². The number of carboxylic acids is 6. The van der Waals surface area contributed by atoms with Gasteiger partial charge >= 0.3 is 35.8 Å². The Kier molecular flexibility index (Phi) is 15.7. The van der Waals surface area contributed by atoms with Crippen molar-refractivity contribution in [2.75, 3.05) is 0 Å². The van der Waals surface area contributed by atoms with Crippen molar-refractivity contribution in [2.45, 2.75) is 36.9 Å². The molecule has 0 heterocycles. The van der Waals surface area contributed by atoms with E-state index >= 15 is 0 Å². The first kappa shape index (κ1) is 32.9. The van der Waals surface area contributed by atoms with E-state index in [1.54, 1.807) is 0 Å². The molecular weight excluding hydrogens is 438 g/mol. The Morgan fingerprint density at radius 2 is 0.643 bits per heavy atom. The molecule has 28 heavy (non-hydrogen) atoms. The van der Waals surface area contributed by atoms with Crippen LogP contribution in [0.4, 0.5) is 0 Å². The smallest absolute Gasteiger partial charge is 0.336 e. The first-order valence-corrected chi connectivity index (χ1v) is 6.34. The topological polar surface area (TPSA) is 299 Å². The number of carbonyl (C=O) groups is 6. The monoisotopic (exact) mass is 457 g/mol. The van der Waals surface area contributed by atoms with Gasteiger partial charge in [0.2, 0.25) is 0 Å². The van der Waals surface area contributed by atoms with Crippen molar-refractivity contribution < 1.29 is 86.7 Å². The standard InChI is InChI=1S/2C6H8O7.Fe.H3N/c2*7-3(8)1-6(13,5(11)12)2-4(9)10;;/h2*13H,1-2H2,(H,7,8)(H,9,10)(H,11,12);;1H3. The van der Waals surface area contributed by atoms with Gasteiger partial charge in [-0.2, -0.15) is 0 Å². The molecule has 0 atom stereocenters. The average molecular weight is 457 g/mol. The van der Waals surface area contributed by atoms with E-state index in [1.165, 1.54) is 0 Å². The van der Waals surface area contributed by atoms with Crippen LogP contribution in [0.2, 0.25) is 0 Å². The molecule has 15 nitrogen and oxygen atoms in total. The summed E-state index contributed by atoms with van der Waals surface area (Å²) in [4.78, 5) is 61.0. The molecule has 11 N–H and O–H groups in total. The summed E-state index contributed by atoms with van der Waals surface area (Å²) in [7, 11) is 0. The van der Waals surface area contributed by atoms with Gasteiger partial charge in [-0.1, -0.05) is 0 Å². The van der Waals surface area contributed by atoms with Crippen molar-refractivity contribution in [3.8, 4) is 0 Å². The van der Waals surface area contributed by atoms with Crippen LogP contribution >= 0.6 is 0 Å². The molecule has 0 aromatic rings. The maximum Gasteiger partial charge on any atom is 0.336 e. The van der Waals surface area contributed by atoms with E-state index in [0.717, 1.165) is 0 Å². The molecule has 0 bridgehead atoms. The van der Waals surface area contributed by atoms with E-state index in [-0.39, 0.29) is 23.2 Å². The molecule has 0 saturated heterocycles. The fraction of sp³-hybridized carbons (Fsp3) is 0.500. The summed E-state index contributed by atoms with van der Waals surface area (Å²) in [6.07, 6.45) is -4.58. The van der Waals surface area contributed by atoms with Crippen molar-refractivity contribution in [1.29, 1.82) is 0 Å². The third-order valence-corrected chi connectivity index (χ3v) is 2.57. The van der Waals surface area contributed by atoms with Gasteiger partial charge in [0.1, 0.15) is 0 Å². The van der Waals surface area contributed by atoms with Crippen LogP contribution in [-0.2, 0) is 45.8 Å². The summed E-state index contributed by atoms with van der Waals surface area (Å²) in [5.41, 5.74) is -5.48. The second-order valence-corrected chi connectivity index (χ2v) is 4.96. The Balaban J connectivity index is -0.000000192. The van der Waals surface area contributed by atoms with Crippen molar-refractivity contribution in [1.82, 2.24) is 6.15 Å². The minimum atomic E-state index is -2.74. The zero-order valence-electron chi connectivity index (χ0n) is 13.9. The fourth-order valence-corrected chi connectivity index (χ4v) is 1.43. The van der Waals surface area contributed by atoms with E-state index in [1.807, 2.05) is 0 Å². The zero-order valence-corrected chi connectivity index (χ0v) is 15.0. The maximum atomic E-state index is 10.3. The molecule has 0 spiro atoms. The summed E-state index contributed by atoms with van der Waals surface area (Å²) in [6, 6.07) is 0. The third kappa shape index (κ3) is 13.4. The van der Waals surface area contributed by atoms with Crippen LogP contribution in [0, 0.1) is 0 Å². The Labute approximate surface area is 166 Å². The fourth-order valence-electron chi connectivity index (χ4n) is 1.43. The molecule has 0 aromatic heterocycles. The molecule has 0 rings (SSSR count). The summed E-state index contributed by atoms with van der Waals surface area (Å²) in [6.45, 7) is 0. The van der Waals surface area contributed by atoms with Gasteiger partial charge in [-0.25, -0.2) is 9.59 Å². The van der Waals surface area contributed by atoms with Crippen LogP contribution in [0.15, 0.2) is 0 Å². The Bertz CT molecular complexity index is 519. The Morgan fingerprint density at radius 3 is 0.714 bits per heavy atom. The van der Waals surface area contributed by atoms with Gasteiger partial charge in [-0.15, -0.1) is 0 Å². The number of carboxylic acid groups (broad SMARTS) is 6. The van der Waals surface area contributed by atoms with Crippen LogP contribution in [0.5, 0.6) is 0 Å². The number of hydrogen-bond acceptors (Lipinski definition) is 9. The van der Waals surface area contributed by atoms with E-state index in [4.69, 9.17) is 40.9 Å². The molecule has 16 heteroatoms. The SMILES string of the molecule is N.O=C(O)CC(O)(CC(=O)O)C(=O)O.O=C(O)CC(O)(CC(=O)O)C(=O)O.[Fe]. The molecule has 0 unspecified atom stereocenters. The van der Waals surface area contributed by atoms with Gasteiger partial charge in [-0.05, 0) is 0 Å². The molecule has 0 saturated carbocycles. The largest absolute Gasteiger partial charge is 0.481 e. The van der Waals surface area contributed by atoms with Gasteiger partial charge in [0.25, 0.3) is 0 Å². The van der Waals surface area contributed by atoms with E-state index < -0.39 is 72.7 Å². The van der Waals surface area contributed by atoms with E-state index in [9.17, 15) is 28.8 Å². The Morgan fingerprint density at radius 1 is 0.500 bits per heavy atom. The molecule has 0 aromatic carbocycles. The average Bonchev–Trinajstić information content (AvgIpc) is 2.34. The van der Waals surface area contributed by atoms with Crippen molar-refractivity contribution >= 4 is 35.8 Å². The quantitative estimate of drug-likeness (QED) is 0.155. The van der Waals surface area contributed by atoms with Gasteiger partial charge in [0.05, 0.1) is 25.7 Å². The molecule has 0 fully saturated rings. The minimum absolute atomic E-state index is 0. The minimum Gasteiger partial charge on any atom is -0.481 e. The van der Waals surface area contributed by atoms with Crippen LogP contribution in [-0.4, -0.2) is 87.9 Å². The molecule has 0 amide bonds. The first-order valence-electron chi connectivity index (χ1n) is 6.34. The second kappa shape index (κ2) is 13.4. The van der Waals surface area contributed by atoms with Crippen molar-refractivity contribution in [3.05, 3.63) is 0 Å². The van der Waals surface area contributed by atoms with Crippen molar-refractivity contribution in [2.24, 2.45) is 0 Å². The molecule has 0 radical (unpaired) electrons. The Hall–Kier alpha value is -2.78. The molecule has 0 aliphatic carbocycles. The molecular formula is C12H19FeNO14. The second-order valence-electron chi connectivity index (χ2n) is 4.96. The number of aliphatic carboxylic acids is 6. The number of aliphatic hydroxyl groups is 2. The summed E-state index contributed by atoms with van der Waals surface area (Å²) >= 11 is 0. The van der Waals surface area contributed by atoms with E-state index in [0.29, 0.717) is 0 Å². The van der Waals surface area contributed by atoms with Gasteiger partial charge < -0.3 is 47.0 Å². The summed E-state index contributed by atoms with van der Waals surface area (Å²) in [5, 5.41) is 67.6. The zero-order chi connectivity index (χ0) is 21.3. The third-order valence-electron chi connectivity index (χ3n) is 2.57. The molecule has 164 valence electrons. The summed E-state index contributed by atoms with van der Waals surface area (Å²) < 4.78 is 0. The molecule has 0 aliphatic rings. The van der Waals surface area contributed by atoms with Gasteiger partial charge in [-0.3, -0.25) is 19.2 Å². The summed E-state index contributed by atoms with van der Waals surface area (Å²) in [5.74, 6) is -10.0. The normalized spacial score (nSPS) is 10.1. The van der Waals surface area contributed by atoms with E-state index in [2.05, 4.69) is 0 Å². The maximum absolute atomic E-state index is 10.3. The van der Waals surface area contributed by atoms with Gasteiger partial charge in [0.15, 0.2) is 11.2 Å². The predicted molar refractivity (Wildman–Crippen MR) is 79.2 cm³/mol. The number of rotatable bonds is 10. The van der Waals surface area contributed by atoms with Crippen LogP contribution in [0.3, 0.4) is 0 Å². The van der Waals surface area contributed by atoms with Crippen LogP contribution < -0.4 is 6.15 Å². The number of hydrogen-bond donors (Lipinski definition) is 9. The van der Waals surface area contributed by atoms with Gasteiger partial charge in [0, 0.05) is 17.1 Å². The predicted octanol–water partition coefficient (Wildman–Crippen LogP) is -2.34. The van der Waals surface area contributed by atoms with Crippen molar-refractivity contribution in [3.63, 3.8) is 0 Å². The first-order chi connectivity index (χ1) is 11.6.